The summed E-state index contributed by atoms with van der Waals surface area (Å²) in [5.74, 6) is -0.0587. The topological polar surface area (TPSA) is 64.3 Å². The van der Waals surface area contributed by atoms with Crippen LogP contribution in [-0.4, -0.2) is 26.2 Å². The van der Waals surface area contributed by atoms with Gasteiger partial charge in [-0.05, 0) is 43.9 Å². The number of anilines is 1. The Morgan fingerprint density at radius 2 is 2.00 bits per heavy atom. The fraction of sp³-hybridized carbons (Fsp3) is 0.500. The van der Waals surface area contributed by atoms with E-state index >= 15 is 0 Å². The third-order valence-corrected chi connectivity index (χ3v) is 2.92. The molecule has 1 amide bonds. The maximum atomic E-state index is 12.0. The number of carbonyl (C=O) groups is 1. The molecule has 1 aromatic carbocycles. The number of ether oxygens (including phenoxy) is 1. The highest BCUT2D eigenvalue weighted by molar-refractivity contribution is 5.96. The highest BCUT2D eigenvalue weighted by atomic mass is 16.5. The average Bonchev–Trinajstić information content (AvgIpc) is 2.33. The summed E-state index contributed by atoms with van der Waals surface area (Å²) >= 11 is 0. The normalized spacial score (nSPS) is 10.4. The van der Waals surface area contributed by atoms with Crippen LogP contribution in [0.2, 0.25) is 0 Å². The van der Waals surface area contributed by atoms with Crippen molar-refractivity contribution in [2.24, 2.45) is 0 Å². The van der Waals surface area contributed by atoms with Gasteiger partial charge in [-0.15, -0.1) is 0 Å². The van der Waals surface area contributed by atoms with E-state index in [0.29, 0.717) is 17.8 Å². The van der Waals surface area contributed by atoms with E-state index in [1.165, 1.54) is 0 Å². The van der Waals surface area contributed by atoms with Gasteiger partial charge in [0.1, 0.15) is 0 Å². The minimum atomic E-state index is -0.0587. The first kappa shape index (κ1) is 14.5. The van der Waals surface area contributed by atoms with E-state index in [4.69, 9.17) is 10.5 Å². The number of methoxy groups -OCH3 is 1. The molecule has 100 valence electrons. The number of carbonyl (C=O) groups excluding carboxylic acids is 1. The summed E-state index contributed by atoms with van der Waals surface area (Å²) in [7, 11) is 1.68. The minimum absolute atomic E-state index is 0.0587. The Bertz CT molecular complexity index is 417. The zero-order valence-corrected chi connectivity index (χ0v) is 11.4. The lowest BCUT2D eigenvalue weighted by Gasteiger charge is -2.10. The summed E-state index contributed by atoms with van der Waals surface area (Å²) in [6.45, 7) is 5.25. The van der Waals surface area contributed by atoms with E-state index in [1.807, 2.05) is 19.9 Å². The Kier molecular flexibility index (Phi) is 5.65. The molecule has 0 aliphatic carbocycles. The van der Waals surface area contributed by atoms with Gasteiger partial charge in [0.15, 0.2) is 0 Å². The fourth-order valence-electron chi connectivity index (χ4n) is 1.78. The molecule has 18 heavy (non-hydrogen) atoms. The van der Waals surface area contributed by atoms with Crippen molar-refractivity contribution in [3.63, 3.8) is 0 Å². The third kappa shape index (κ3) is 4.04. The van der Waals surface area contributed by atoms with Crippen molar-refractivity contribution in [1.29, 1.82) is 0 Å². The summed E-state index contributed by atoms with van der Waals surface area (Å²) < 4.78 is 4.95. The number of rotatable bonds is 6. The van der Waals surface area contributed by atoms with Gasteiger partial charge in [0.05, 0.1) is 0 Å². The summed E-state index contributed by atoms with van der Waals surface area (Å²) in [5, 5.41) is 2.90. The van der Waals surface area contributed by atoms with Gasteiger partial charge in [0, 0.05) is 31.5 Å². The van der Waals surface area contributed by atoms with Crippen LogP contribution in [0.5, 0.6) is 0 Å². The van der Waals surface area contributed by atoms with Crippen molar-refractivity contribution in [1.82, 2.24) is 5.32 Å². The van der Waals surface area contributed by atoms with Crippen molar-refractivity contribution < 1.29 is 9.53 Å². The van der Waals surface area contributed by atoms with Crippen LogP contribution >= 0.6 is 0 Å². The fourth-order valence-corrected chi connectivity index (χ4v) is 1.78. The van der Waals surface area contributed by atoms with Crippen LogP contribution in [0, 0.1) is 13.8 Å². The highest BCUT2D eigenvalue weighted by Gasteiger charge is 2.10. The van der Waals surface area contributed by atoms with Gasteiger partial charge in [-0.1, -0.05) is 6.07 Å². The number of aryl methyl sites for hydroxylation is 2. The molecule has 0 unspecified atom stereocenters. The van der Waals surface area contributed by atoms with Gasteiger partial charge in [0.2, 0.25) is 0 Å². The SMILES string of the molecule is COCCCCNC(=O)c1cc(N)c(C)cc1C. The predicted molar refractivity (Wildman–Crippen MR) is 73.8 cm³/mol. The number of benzene rings is 1. The molecular weight excluding hydrogens is 228 g/mol. The van der Waals surface area contributed by atoms with E-state index in [1.54, 1.807) is 13.2 Å². The molecule has 0 spiro atoms. The van der Waals surface area contributed by atoms with Gasteiger partial charge < -0.3 is 15.8 Å². The van der Waals surface area contributed by atoms with Gasteiger partial charge in [-0.2, -0.15) is 0 Å². The number of nitrogen functional groups attached to an aromatic ring is 1. The highest BCUT2D eigenvalue weighted by Crippen LogP contribution is 2.17. The second kappa shape index (κ2) is 7.01. The lowest BCUT2D eigenvalue weighted by molar-refractivity contribution is 0.0951. The second-order valence-electron chi connectivity index (χ2n) is 4.48. The molecule has 0 heterocycles. The van der Waals surface area contributed by atoms with Crippen molar-refractivity contribution in [3.05, 3.63) is 28.8 Å². The molecule has 0 aromatic heterocycles. The van der Waals surface area contributed by atoms with E-state index in [0.717, 1.165) is 30.6 Å². The first-order valence-corrected chi connectivity index (χ1v) is 6.20. The van der Waals surface area contributed by atoms with Gasteiger partial charge in [0.25, 0.3) is 5.91 Å². The molecule has 0 fully saturated rings. The maximum Gasteiger partial charge on any atom is 0.251 e. The molecule has 0 aliphatic rings. The molecule has 4 heteroatoms. The Hall–Kier alpha value is -1.55. The van der Waals surface area contributed by atoms with E-state index in [2.05, 4.69) is 5.32 Å². The van der Waals surface area contributed by atoms with Crippen molar-refractivity contribution >= 4 is 11.6 Å². The molecule has 0 bridgehead atoms. The van der Waals surface area contributed by atoms with Gasteiger partial charge >= 0.3 is 0 Å². The first-order chi connectivity index (χ1) is 8.56. The Balaban J connectivity index is 2.54. The zero-order valence-electron chi connectivity index (χ0n) is 11.4. The number of nitrogens with one attached hydrogen (secondary N) is 1. The summed E-state index contributed by atoms with van der Waals surface area (Å²) in [5.41, 5.74) is 9.10. The summed E-state index contributed by atoms with van der Waals surface area (Å²) in [6.07, 6.45) is 1.87. The number of hydrogen-bond donors (Lipinski definition) is 2. The van der Waals surface area contributed by atoms with Crippen LogP contribution in [-0.2, 0) is 4.74 Å². The minimum Gasteiger partial charge on any atom is -0.398 e. The smallest absolute Gasteiger partial charge is 0.251 e. The van der Waals surface area contributed by atoms with Crippen molar-refractivity contribution in [3.8, 4) is 0 Å². The third-order valence-electron chi connectivity index (χ3n) is 2.92. The quantitative estimate of drug-likeness (QED) is 0.600. The molecule has 0 saturated carbocycles. The van der Waals surface area contributed by atoms with Crippen LogP contribution in [0.1, 0.15) is 34.3 Å². The standard InChI is InChI=1S/C14H22N2O2/c1-10-8-11(2)13(15)9-12(10)14(17)16-6-4-5-7-18-3/h8-9H,4-7,15H2,1-3H3,(H,16,17). The second-order valence-corrected chi connectivity index (χ2v) is 4.48. The molecule has 1 aromatic rings. The van der Waals surface area contributed by atoms with Crippen LogP contribution in [0.15, 0.2) is 12.1 Å². The largest absolute Gasteiger partial charge is 0.398 e. The first-order valence-electron chi connectivity index (χ1n) is 6.20. The van der Waals surface area contributed by atoms with Crippen molar-refractivity contribution in [2.75, 3.05) is 26.0 Å². The number of hydrogen-bond acceptors (Lipinski definition) is 3. The average molecular weight is 250 g/mol. The lowest BCUT2D eigenvalue weighted by atomic mass is 10.0. The van der Waals surface area contributed by atoms with E-state index < -0.39 is 0 Å². The van der Waals surface area contributed by atoms with Crippen molar-refractivity contribution in [2.45, 2.75) is 26.7 Å². The monoisotopic (exact) mass is 250 g/mol. The Morgan fingerprint density at radius 1 is 1.28 bits per heavy atom. The molecule has 1 rings (SSSR count). The van der Waals surface area contributed by atoms with E-state index in [-0.39, 0.29) is 5.91 Å². The molecule has 3 N–H and O–H groups in total. The summed E-state index contributed by atoms with van der Waals surface area (Å²) in [4.78, 5) is 12.0. The molecule has 4 nitrogen and oxygen atoms in total. The van der Waals surface area contributed by atoms with Gasteiger partial charge in [-0.3, -0.25) is 4.79 Å². The number of amides is 1. The molecule has 0 saturated heterocycles. The lowest BCUT2D eigenvalue weighted by Crippen LogP contribution is -2.25. The molecule has 0 aliphatic heterocycles. The summed E-state index contributed by atoms with van der Waals surface area (Å²) in [6, 6.07) is 3.68. The molecular formula is C14H22N2O2. The maximum absolute atomic E-state index is 12.0. The predicted octanol–water partition coefficient (Wildman–Crippen LogP) is 2.04. The van der Waals surface area contributed by atoms with Crippen LogP contribution in [0.4, 0.5) is 5.69 Å². The Labute approximate surface area is 109 Å². The number of nitrogens with two attached hydrogens (primary N) is 1. The Morgan fingerprint density at radius 3 is 2.67 bits per heavy atom. The molecule has 0 radical (unpaired) electrons. The van der Waals surface area contributed by atoms with Crippen LogP contribution in [0.3, 0.4) is 0 Å². The van der Waals surface area contributed by atoms with E-state index in [9.17, 15) is 4.79 Å². The number of unbranched alkanes of at least 4 members (excludes halogenated alkanes) is 1. The van der Waals surface area contributed by atoms with Gasteiger partial charge in [-0.25, -0.2) is 0 Å². The van der Waals surface area contributed by atoms with Crippen LogP contribution in [0.25, 0.3) is 0 Å². The zero-order chi connectivity index (χ0) is 13.5. The molecule has 0 atom stereocenters. The van der Waals surface area contributed by atoms with Crippen LogP contribution < -0.4 is 11.1 Å².